The van der Waals surface area contributed by atoms with E-state index in [4.69, 9.17) is 27.0 Å². The molecule has 0 radical (unpaired) electrons. The Bertz CT molecular complexity index is 1200. The normalized spacial score (nSPS) is 14.5. The number of halogens is 1. The van der Waals surface area contributed by atoms with Crippen LogP contribution in [0, 0.1) is 0 Å². The minimum Gasteiger partial charge on any atom is -0.383 e. The monoisotopic (exact) mass is 397 g/mol. The van der Waals surface area contributed by atoms with E-state index in [1.807, 2.05) is 36.3 Å². The molecule has 2 N–H and O–H groups in total. The highest BCUT2D eigenvalue weighted by molar-refractivity contribution is 6.35. The Balaban J connectivity index is 1.84. The Morgan fingerprint density at radius 1 is 1.25 bits per heavy atom. The molecule has 0 saturated heterocycles. The van der Waals surface area contributed by atoms with E-state index < -0.39 is 0 Å². The number of aryl methyl sites for hydroxylation is 1. The summed E-state index contributed by atoms with van der Waals surface area (Å²) in [6, 6.07) is 0.0867. The van der Waals surface area contributed by atoms with Crippen LogP contribution in [0.1, 0.15) is 44.4 Å². The Kier molecular flexibility index (Phi) is 3.74. The van der Waals surface area contributed by atoms with Gasteiger partial charge in [-0.2, -0.15) is 5.10 Å². The Morgan fingerprint density at radius 3 is 2.68 bits per heavy atom. The van der Waals surface area contributed by atoms with Crippen molar-refractivity contribution in [3.05, 3.63) is 29.5 Å². The number of fused-ring (bicyclic) bond motifs is 1. The highest BCUT2D eigenvalue weighted by Gasteiger charge is 2.35. The highest BCUT2D eigenvalue weighted by atomic mass is 35.5. The lowest BCUT2D eigenvalue weighted by Crippen LogP contribution is -2.03. The topological polar surface area (TPSA) is 101 Å². The van der Waals surface area contributed by atoms with E-state index in [1.54, 1.807) is 12.5 Å². The maximum Gasteiger partial charge on any atom is 0.149 e. The summed E-state index contributed by atoms with van der Waals surface area (Å²) in [7, 11) is 1.94. The summed E-state index contributed by atoms with van der Waals surface area (Å²) in [6.07, 6.45) is 7.45. The van der Waals surface area contributed by atoms with Crippen molar-refractivity contribution in [3.63, 3.8) is 0 Å². The molecule has 28 heavy (non-hydrogen) atoms. The number of anilines is 1. The number of hydrogen-bond donors (Lipinski definition) is 1. The van der Waals surface area contributed by atoms with Crippen molar-refractivity contribution in [2.45, 2.75) is 38.6 Å². The number of nitrogen functional groups attached to an aromatic ring is 1. The van der Waals surface area contributed by atoms with Crippen molar-refractivity contribution >= 4 is 28.3 Å². The quantitative estimate of drug-likeness (QED) is 0.554. The van der Waals surface area contributed by atoms with E-state index in [0.717, 1.165) is 35.4 Å². The molecule has 0 atom stereocenters. The molecule has 8 nitrogen and oxygen atoms in total. The molecule has 4 aromatic rings. The molecule has 0 aromatic carbocycles. The molecule has 0 bridgehead atoms. The summed E-state index contributed by atoms with van der Waals surface area (Å²) < 4.78 is 9.55. The van der Waals surface area contributed by atoms with Gasteiger partial charge in [-0.15, -0.1) is 0 Å². The third-order valence-corrected chi connectivity index (χ3v) is 5.33. The number of aromatic nitrogens is 6. The number of nitrogens with two attached hydrogens (primary N) is 1. The zero-order chi connectivity index (χ0) is 19.6. The molecule has 4 heterocycles. The highest BCUT2D eigenvalue weighted by Crippen LogP contribution is 2.48. The van der Waals surface area contributed by atoms with Gasteiger partial charge >= 0.3 is 0 Å². The van der Waals surface area contributed by atoms with Crippen molar-refractivity contribution in [3.8, 4) is 22.6 Å². The van der Waals surface area contributed by atoms with Gasteiger partial charge in [0.25, 0.3) is 0 Å². The van der Waals surface area contributed by atoms with E-state index >= 15 is 0 Å². The van der Waals surface area contributed by atoms with Crippen LogP contribution in [0.3, 0.4) is 0 Å². The fourth-order valence-electron chi connectivity index (χ4n) is 3.58. The zero-order valence-electron chi connectivity index (χ0n) is 15.8. The maximum absolute atomic E-state index is 6.47. The molecule has 9 heteroatoms. The van der Waals surface area contributed by atoms with Crippen LogP contribution in [0.4, 0.5) is 5.82 Å². The second kappa shape index (κ2) is 6.07. The molecule has 144 valence electrons. The van der Waals surface area contributed by atoms with Crippen molar-refractivity contribution in [1.29, 1.82) is 0 Å². The van der Waals surface area contributed by atoms with Gasteiger partial charge in [-0.3, -0.25) is 4.68 Å². The van der Waals surface area contributed by atoms with Gasteiger partial charge in [0.15, 0.2) is 0 Å². The minimum atomic E-state index is 0.0867. The van der Waals surface area contributed by atoms with Crippen LogP contribution in [-0.2, 0) is 7.05 Å². The van der Waals surface area contributed by atoms with Crippen molar-refractivity contribution < 1.29 is 4.52 Å². The van der Waals surface area contributed by atoms with Crippen LogP contribution in [0.25, 0.3) is 33.5 Å². The molecule has 0 unspecified atom stereocenters. The Hall–Kier alpha value is -2.87. The Labute approximate surface area is 166 Å². The predicted octanol–water partition coefficient (Wildman–Crippen LogP) is 4.18. The molecule has 0 amide bonds. The first-order valence-electron chi connectivity index (χ1n) is 9.26. The third kappa shape index (κ3) is 2.51. The summed E-state index contributed by atoms with van der Waals surface area (Å²) in [6.45, 7) is 4.09. The Morgan fingerprint density at radius 2 is 2.04 bits per heavy atom. The van der Waals surface area contributed by atoms with Crippen LogP contribution in [0.2, 0.25) is 5.02 Å². The molecule has 1 aliphatic carbocycles. The second-order valence-corrected chi connectivity index (χ2v) is 7.98. The number of imidazole rings is 1. The first kappa shape index (κ1) is 17.2. The smallest absolute Gasteiger partial charge is 0.149 e. The summed E-state index contributed by atoms with van der Waals surface area (Å²) in [4.78, 5) is 8.77. The molecule has 0 spiro atoms. The lowest BCUT2D eigenvalue weighted by molar-refractivity contribution is 0.386. The van der Waals surface area contributed by atoms with Crippen LogP contribution >= 0.6 is 11.6 Å². The fourth-order valence-corrected chi connectivity index (χ4v) is 3.81. The molecule has 1 aliphatic rings. The predicted molar refractivity (Wildman–Crippen MR) is 107 cm³/mol. The molecule has 4 aromatic heterocycles. The summed E-state index contributed by atoms with van der Waals surface area (Å²) in [5, 5.41) is 10.4. The largest absolute Gasteiger partial charge is 0.383 e. The van der Waals surface area contributed by atoms with Crippen molar-refractivity contribution in [2.75, 3.05) is 5.73 Å². The van der Waals surface area contributed by atoms with E-state index in [-0.39, 0.29) is 6.04 Å². The molecule has 1 fully saturated rings. The van der Waals surface area contributed by atoms with E-state index in [0.29, 0.717) is 33.5 Å². The van der Waals surface area contributed by atoms with E-state index in [2.05, 4.69) is 15.1 Å². The average molecular weight is 398 g/mol. The van der Waals surface area contributed by atoms with Gasteiger partial charge < -0.3 is 14.8 Å². The molecular weight excluding hydrogens is 378 g/mol. The SMILES string of the molecule is CC(C)n1nc(-c2noc(C3CC3)c2-c2cn(C)cn2)c2c(N)ncc(Cl)c21. The number of pyridine rings is 1. The van der Waals surface area contributed by atoms with Crippen molar-refractivity contribution in [1.82, 2.24) is 29.5 Å². The molecule has 0 aliphatic heterocycles. The molecule has 5 rings (SSSR count). The van der Waals surface area contributed by atoms with Gasteiger partial charge in [0, 0.05) is 25.2 Å². The van der Waals surface area contributed by atoms with Crippen LogP contribution < -0.4 is 5.73 Å². The standard InChI is InChI=1S/C19H20ClN7O/c1-9(2)27-17-11(20)6-22-19(21)14(17)15(24-27)16-13(12-7-26(3)8-23-12)18(28-25-16)10-4-5-10/h6-10H,4-5H2,1-3H3,(H2,21,22). The van der Waals surface area contributed by atoms with Gasteiger partial charge in [-0.05, 0) is 26.7 Å². The van der Waals surface area contributed by atoms with Crippen LogP contribution in [0.15, 0.2) is 23.2 Å². The zero-order valence-corrected chi connectivity index (χ0v) is 16.6. The number of rotatable bonds is 4. The van der Waals surface area contributed by atoms with Crippen LogP contribution in [-0.4, -0.2) is 29.5 Å². The number of hydrogen-bond acceptors (Lipinski definition) is 6. The van der Waals surface area contributed by atoms with E-state index in [1.165, 1.54) is 0 Å². The maximum atomic E-state index is 6.47. The summed E-state index contributed by atoms with van der Waals surface area (Å²) >= 11 is 6.47. The van der Waals surface area contributed by atoms with Crippen molar-refractivity contribution in [2.24, 2.45) is 7.05 Å². The summed E-state index contributed by atoms with van der Waals surface area (Å²) in [5.74, 6) is 1.59. The molecular formula is C19H20ClN7O. The summed E-state index contributed by atoms with van der Waals surface area (Å²) in [5.41, 5.74) is 9.92. The van der Waals surface area contributed by atoms with Gasteiger partial charge in [-0.1, -0.05) is 16.8 Å². The van der Waals surface area contributed by atoms with Gasteiger partial charge in [0.1, 0.15) is 23.0 Å². The number of nitrogens with zero attached hydrogens (tertiary/aromatic N) is 6. The van der Waals surface area contributed by atoms with E-state index in [9.17, 15) is 0 Å². The van der Waals surface area contributed by atoms with Gasteiger partial charge in [-0.25, -0.2) is 9.97 Å². The van der Waals surface area contributed by atoms with Crippen LogP contribution in [0.5, 0.6) is 0 Å². The second-order valence-electron chi connectivity index (χ2n) is 7.57. The average Bonchev–Trinajstić information content (AvgIpc) is 3.08. The first-order valence-corrected chi connectivity index (χ1v) is 9.64. The molecule has 1 saturated carbocycles. The van der Waals surface area contributed by atoms with Gasteiger partial charge in [0.05, 0.1) is 39.7 Å². The first-order chi connectivity index (χ1) is 13.5. The fraction of sp³-hybridized carbons (Fsp3) is 0.368. The van der Waals surface area contributed by atoms with Gasteiger partial charge in [0.2, 0.25) is 0 Å². The third-order valence-electron chi connectivity index (χ3n) is 5.05. The minimum absolute atomic E-state index is 0.0867. The lowest BCUT2D eigenvalue weighted by Gasteiger charge is -2.07. The lowest BCUT2D eigenvalue weighted by atomic mass is 10.0.